The van der Waals surface area contributed by atoms with E-state index in [0.29, 0.717) is 30.4 Å². The van der Waals surface area contributed by atoms with Crippen molar-refractivity contribution in [1.29, 1.82) is 0 Å². The van der Waals surface area contributed by atoms with Crippen LogP contribution in [0.25, 0.3) is 10.8 Å². The highest BCUT2D eigenvalue weighted by Crippen LogP contribution is 2.18. The molecule has 0 saturated carbocycles. The van der Waals surface area contributed by atoms with Crippen molar-refractivity contribution in [3.63, 3.8) is 0 Å². The van der Waals surface area contributed by atoms with Gasteiger partial charge in [-0.05, 0) is 72.4 Å². The first kappa shape index (κ1) is 59.7. The van der Waals surface area contributed by atoms with Gasteiger partial charge in [0.25, 0.3) is 0 Å². The number of carbonyl (C=O) groups excluding carboxylic acids is 8. The summed E-state index contributed by atoms with van der Waals surface area (Å²) in [7, 11) is 0. The van der Waals surface area contributed by atoms with Crippen LogP contribution >= 0.6 is 0 Å². The number of amides is 8. The van der Waals surface area contributed by atoms with E-state index in [-0.39, 0.29) is 57.1 Å². The number of nitrogens with one attached hydrogen (secondary N) is 7. The first-order valence-electron chi connectivity index (χ1n) is 24.5. The summed E-state index contributed by atoms with van der Waals surface area (Å²) in [6, 6.07) is 12.3. The largest absolute Gasteiger partial charge is 0.480 e. The molecule has 0 aliphatic carbocycles. The lowest BCUT2D eigenvalue weighted by Gasteiger charge is -2.28. The van der Waals surface area contributed by atoms with E-state index in [0.717, 1.165) is 10.8 Å². The minimum atomic E-state index is -1.62. The highest BCUT2D eigenvalue weighted by molar-refractivity contribution is 5.98. The molecule has 0 aliphatic rings. The van der Waals surface area contributed by atoms with E-state index in [1.807, 2.05) is 36.4 Å². The van der Waals surface area contributed by atoms with Crippen LogP contribution in [0.5, 0.6) is 0 Å². The monoisotopic (exact) mass is 1010 g/mol. The van der Waals surface area contributed by atoms with Crippen LogP contribution < -0.4 is 60.2 Å². The molecule has 0 unspecified atom stereocenters. The Labute approximate surface area is 425 Å². The molecule has 22 nitrogen and oxygen atoms in total. The molecule has 0 spiro atoms. The number of nitrogens with two attached hydrogens (primary N) is 4. The molecular weight excluding hydrogens is 941 g/mol. The van der Waals surface area contributed by atoms with Gasteiger partial charge in [-0.15, -0.1) is 0 Å². The minimum absolute atomic E-state index is 0.0104. The van der Waals surface area contributed by atoms with Crippen LogP contribution in [0, 0.1) is 11.8 Å². The van der Waals surface area contributed by atoms with Crippen molar-refractivity contribution < 1.29 is 48.3 Å². The van der Waals surface area contributed by atoms with Gasteiger partial charge in [0, 0.05) is 26.3 Å². The fourth-order valence-electron chi connectivity index (χ4n) is 7.86. The fraction of sp³-hybridized carbons (Fsp3) is 0.490. The topological polar surface area (TPSA) is 375 Å². The highest BCUT2D eigenvalue weighted by Gasteiger charge is 2.35. The number of hydrogen-bond donors (Lipinski definition) is 12. The normalized spacial score (nSPS) is 14.3. The third-order valence-electron chi connectivity index (χ3n) is 12.1. The number of aliphatic imine (C=N–C) groups is 1. The molecule has 0 aromatic heterocycles. The average molecular weight is 1020 g/mol. The number of aliphatic carboxylic acids is 1. The summed E-state index contributed by atoms with van der Waals surface area (Å²) in [6.45, 7) is 8.40. The molecule has 3 aromatic rings. The van der Waals surface area contributed by atoms with Crippen molar-refractivity contribution in [3.05, 3.63) is 83.9 Å². The van der Waals surface area contributed by atoms with Gasteiger partial charge in [0.1, 0.15) is 42.3 Å². The summed E-state index contributed by atoms with van der Waals surface area (Å²) < 4.78 is 0. The van der Waals surface area contributed by atoms with Crippen molar-refractivity contribution in [3.8, 4) is 0 Å². The van der Waals surface area contributed by atoms with Gasteiger partial charge in [-0.25, -0.2) is 4.79 Å². The van der Waals surface area contributed by atoms with E-state index < -0.39 is 108 Å². The van der Waals surface area contributed by atoms with E-state index in [9.17, 15) is 48.3 Å². The Morgan fingerprint density at radius 2 is 1.07 bits per heavy atom. The Balaban J connectivity index is 2.07. The first-order chi connectivity index (χ1) is 34.6. The molecule has 398 valence electrons. The molecule has 8 atom stereocenters. The zero-order valence-corrected chi connectivity index (χ0v) is 42.3. The number of unbranched alkanes of at least 4 members (excludes halogenated alkanes) is 1. The minimum Gasteiger partial charge on any atom is -0.480 e. The van der Waals surface area contributed by atoms with Gasteiger partial charge >= 0.3 is 5.97 Å². The van der Waals surface area contributed by atoms with Crippen molar-refractivity contribution in [2.45, 2.75) is 135 Å². The number of rotatable bonds is 31. The summed E-state index contributed by atoms with van der Waals surface area (Å²) in [4.78, 5) is 125. The van der Waals surface area contributed by atoms with Gasteiger partial charge in [-0.1, -0.05) is 107 Å². The van der Waals surface area contributed by atoms with Crippen LogP contribution in [0.15, 0.2) is 77.8 Å². The van der Waals surface area contributed by atoms with E-state index in [4.69, 9.17) is 22.9 Å². The summed E-state index contributed by atoms with van der Waals surface area (Å²) in [5.41, 5.74) is 23.5. The van der Waals surface area contributed by atoms with Gasteiger partial charge in [-0.3, -0.25) is 43.3 Å². The number of guanidine groups is 1. The Morgan fingerprint density at radius 3 is 1.60 bits per heavy atom. The molecule has 3 aromatic carbocycles. The van der Waals surface area contributed by atoms with E-state index >= 15 is 0 Å². The second kappa shape index (κ2) is 30.3. The van der Waals surface area contributed by atoms with E-state index in [1.165, 1.54) is 6.92 Å². The van der Waals surface area contributed by atoms with Crippen LogP contribution in [-0.4, -0.2) is 120 Å². The average Bonchev–Trinajstić information content (AvgIpc) is 3.34. The maximum absolute atomic E-state index is 14.7. The Bertz CT molecular complexity index is 2400. The number of carbonyl (C=O) groups is 9. The molecule has 0 bridgehead atoms. The number of carboxylic acid groups (broad SMARTS) is 1. The molecule has 22 heteroatoms. The molecule has 73 heavy (non-hydrogen) atoms. The molecule has 0 aliphatic heterocycles. The van der Waals surface area contributed by atoms with Gasteiger partial charge in [0.05, 0.1) is 6.42 Å². The summed E-state index contributed by atoms with van der Waals surface area (Å²) in [5, 5.41) is 30.1. The molecular formula is C51H74N12O10. The second-order valence-electron chi connectivity index (χ2n) is 18.4. The fourth-order valence-corrected chi connectivity index (χ4v) is 7.86. The zero-order valence-electron chi connectivity index (χ0n) is 42.3. The van der Waals surface area contributed by atoms with Gasteiger partial charge < -0.3 is 65.3 Å². The summed E-state index contributed by atoms with van der Waals surface area (Å²) in [5.74, 6) is -8.77. The second-order valence-corrected chi connectivity index (χ2v) is 18.4. The van der Waals surface area contributed by atoms with Gasteiger partial charge in [0.15, 0.2) is 5.96 Å². The predicted molar refractivity (Wildman–Crippen MR) is 276 cm³/mol. The van der Waals surface area contributed by atoms with Crippen LogP contribution in [0.1, 0.15) is 90.7 Å². The highest BCUT2D eigenvalue weighted by atomic mass is 16.4. The van der Waals surface area contributed by atoms with E-state index in [2.05, 4.69) is 42.2 Å². The maximum atomic E-state index is 14.7. The third kappa shape index (κ3) is 20.6. The summed E-state index contributed by atoms with van der Waals surface area (Å²) >= 11 is 0. The smallest absolute Gasteiger partial charge is 0.326 e. The SMILES string of the molecule is CC[C@H](C)[C@H](NC(=O)[C@H](CC(N)=O)NC(=O)[C@H](CCCCN)NC(=O)[C@H](Cc1ccc2ccccc2c1)NC(=O)[C@H](Cc1ccccc1)NC(=O)[C@H](CCCN=C(N)N)NC(=O)[C@@H](NC(C)=O)C(C)C)C(=O)O. The van der Waals surface area contributed by atoms with Crippen molar-refractivity contribution in [1.82, 2.24) is 37.2 Å². The lowest BCUT2D eigenvalue weighted by Crippen LogP contribution is -2.61. The van der Waals surface area contributed by atoms with Gasteiger partial charge in [0.2, 0.25) is 47.3 Å². The lowest BCUT2D eigenvalue weighted by molar-refractivity contribution is -0.144. The third-order valence-corrected chi connectivity index (χ3v) is 12.1. The van der Waals surface area contributed by atoms with E-state index in [1.54, 1.807) is 64.1 Å². The van der Waals surface area contributed by atoms with Crippen molar-refractivity contribution in [2.24, 2.45) is 39.8 Å². The maximum Gasteiger partial charge on any atom is 0.326 e. The van der Waals surface area contributed by atoms with Crippen LogP contribution in [0.2, 0.25) is 0 Å². The van der Waals surface area contributed by atoms with Crippen molar-refractivity contribution in [2.75, 3.05) is 13.1 Å². The standard InChI is InChI=1S/C51H74N12O10/c1-6-30(4)43(50(72)73)63-48(70)40(28-41(53)65)62-44(66)36(19-12-13-23-52)58-46(68)39(27-33-21-22-34-17-10-11-18-35(34)25-33)61-47(69)38(26-32-15-8-7-9-16-32)60-45(67)37(20-14-24-56-51(54)55)59-49(71)42(29(2)3)57-31(5)64/h7-11,15-18,21-22,25,29-30,36-40,42-43H,6,12-14,19-20,23-24,26-28,52H2,1-5H3,(H2,53,65)(H,57,64)(H,58,68)(H,59,71)(H,60,67)(H,61,69)(H,62,66)(H,63,70)(H,72,73)(H4,54,55,56)/t30-,36-,37-,38-,39-,40-,42-,43-/m0/s1. The first-order valence-corrected chi connectivity index (χ1v) is 24.5. The number of benzene rings is 3. The molecule has 16 N–H and O–H groups in total. The van der Waals surface area contributed by atoms with Crippen molar-refractivity contribution >= 4 is 70.0 Å². The predicted octanol–water partition coefficient (Wildman–Crippen LogP) is -0.117. The number of fused-ring (bicyclic) bond motifs is 1. The molecule has 0 radical (unpaired) electrons. The molecule has 0 heterocycles. The van der Waals surface area contributed by atoms with Crippen LogP contribution in [0.3, 0.4) is 0 Å². The van der Waals surface area contributed by atoms with Crippen LogP contribution in [-0.2, 0) is 56.0 Å². The van der Waals surface area contributed by atoms with Crippen LogP contribution in [0.4, 0.5) is 0 Å². The Kier molecular flexibility index (Phi) is 24.8. The number of nitrogens with zero attached hydrogens (tertiary/aromatic N) is 1. The van der Waals surface area contributed by atoms with Gasteiger partial charge in [-0.2, -0.15) is 0 Å². The number of carboxylic acids is 1. The molecule has 0 saturated heterocycles. The zero-order chi connectivity index (χ0) is 54.2. The molecule has 8 amide bonds. The Morgan fingerprint density at radius 1 is 0.562 bits per heavy atom. The molecule has 0 fully saturated rings. The quantitative estimate of drug-likeness (QED) is 0.0228. The molecule has 3 rings (SSSR count). The number of hydrogen-bond acceptors (Lipinski definition) is 11. The summed E-state index contributed by atoms with van der Waals surface area (Å²) in [6.07, 6.45) is 0.464. The lowest BCUT2D eigenvalue weighted by atomic mass is 9.98. The Hall–Kier alpha value is -7.62. The number of primary amides is 1.